The average Bonchev–Trinajstić information content (AvgIpc) is 3.32. The van der Waals surface area contributed by atoms with Crippen molar-refractivity contribution in [2.45, 2.75) is 43.2 Å². The summed E-state index contributed by atoms with van der Waals surface area (Å²) in [6.45, 7) is 1.92. The Balaban J connectivity index is 1.75. The highest BCUT2D eigenvalue weighted by Crippen LogP contribution is 2.33. The van der Waals surface area contributed by atoms with Gasteiger partial charge in [-0.1, -0.05) is 35.8 Å². The van der Waals surface area contributed by atoms with Gasteiger partial charge >= 0.3 is 12.0 Å². The maximum Gasteiger partial charge on any atom is 0.325 e. The van der Waals surface area contributed by atoms with Gasteiger partial charge in [0.1, 0.15) is 0 Å². The first-order valence-corrected chi connectivity index (χ1v) is 11.4. The standard InChI is InChI=1S/C20H23N3O4S2/c1-11-7-8-14(13(9-11)17(26)12-5-3-4-6-12)21-19(27)23-20-22-15(10-16(24)25)18(28-2)29-20/h7-9,12H,3-6,10H2,1-2H3,(H,24,25)(H2,21,22,23,27). The van der Waals surface area contributed by atoms with Crippen LogP contribution in [0.4, 0.5) is 15.6 Å². The van der Waals surface area contributed by atoms with E-state index in [-0.39, 0.29) is 18.1 Å². The molecule has 0 bridgehead atoms. The lowest BCUT2D eigenvalue weighted by molar-refractivity contribution is -0.136. The van der Waals surface area contributed by atoms with E-state index in [0.717, 1.165) is 35.5 Å². The molecule has 0 radical (unpaired) electrons. The first-order valence-electron chi connectivity index (χ1n) is 9.35. The first-order chi connectivity index (χ1) is 13.9. The van der Waals surface area contributed by atoms with Crippen LogP contribution in [0.1, 0.15) is 47.3 Å². The van der Waals surface area contributed by atoms with Crippen molar-refractivity contribution in [1.82, 2.24) is 4.98 Å². The molecular formula is C20H23N3O4S2. The normalized spacial score (nSPS) is 14.0. The Labute approximate surface area is 177 Å². The van der Waals surface area contributed by atoms with Crippen molar-refractivity contribution < 1.29 is 19.5 Å². The van der Waals surface area contributed by atoms with E-state index < -0.39 is 12.0 Å². The van der Waals surface area contributed by atoms with Crippen molar-refractivity contribution >= 4 is 51.7 Å². The van der Waals surface area contributed by atoms with Gasteiger partial charge in [-0.15, -0.1) is 11.8 Å². The number of hydrogen-bond donors (Lipinski definition) is 3. The Morgan fingerprint density at radius 2 is 1.97 bits per heavy atom. The summed E-state index contributed by atoms with van der Waals surface area (Å²) < 4.78 is 0.745. The first kappa shape index (κ1) is 21.3. The van der Waals surface area contributed by atoms with Gasteiger partial charge in [-0.3, -0.25) is 14.9 Å². The topological polar surface area (TPSA) is 108 Å². The Morgan fingerprint density at radius 3 is 2.62 bits per heavy atom. The lowest BCUT2D eigenvalue weighted by Crippen LogP contribution is -2.22. The number of urea groups is 1. The summed E-state index contributed by atoms with van der Waals surface area (Å²) in [6.07, 6.45) is 5.53. The summed E-state index contributed by atoms with van der Waals surface area (Å²) in [5.41, 5.74) is 2.39. The fourth-order valence-electron chi connectivity index (χ4n) is 3.44. The number of hydrogen-bond acceptors (Lipinski definition) is 6. The average molecular weight is 434 g/mol. The molecule has 1 aliphatic carbocycles. The number of aliphatic carboxylic acids is 1. The number of aryl methyl sites for hydroxylation is 1. The lowest BCUT2D eigenvalue weighted by atomic mass is 9.94. The number of carboxylic acid groups (broad SMARTS) is 1. The Hall–Kier alpha value is -2.39. The number of nitrogens with zero attached hydrogens (tertiary/aromatic N) is 1. The molecule has 3 N–H and O–H groups in total. The zero-order chi connectivity index (χ0) is 21.0. The van der Waals surface area contributed by atoms with E-state index in [1.165, 1.54) is 23.1 Å². The number of anilines is 2. The van der Waals surface area contributed by atoms with Crippen molar-refractivity contribution in [3.63, 3.8) is 0 Å². The summed E-state index contributed by atoms with van der Waals surface area (Å²) in [4.78, 5) is 40.6. The number of benzene rings is 1. The molecule has 7 nitrogen and oxygen atoms in total. The van der Waals surface area contributed by atoms with Crippen LogP contribution in [0.25, 0.3) is 0 Å². The largest absolute Gasteiger partial charge is 0.481 e. The molecule has 29 heavy (non-hydrogen) atoms. The molecule has 2 amide bonds. The smallest absolute Gasteiger partial charge is 0.325 e. The van der Waals surface area contributed by atoms with Crippen LogP contribution in [-0.2, 0) is 11.2 Å². The summed E-state index contributed by atoms with van der Waals surface area (Å²) in [6, 6.07) is 4.89. The highest BCUT2D eigenvalue weighted by molar-refractivity contribution is 8.00. The second-order valence-electron chi connectivity index (χ2n) is 7.00. The third kappa shape index (κ3) is 5.36. The number of thioether (sulfide) groups is 1. The number of carbonyl (C=O) groups excluding carboxylic acids is 2. The summed E-state index contributed by atoms with van der Waals surface area (Å²) in [5.74, 6) is -0.887. The van der Waals surface area contributed by atoms with E-state index in [1.807, 2.05) is 25.3 Å². The second-order valence-corrected chi connectivity index (χ2v) is 9.08. The van der Waals surface area contributed by atoms with Gasteiger partial charge < -0.3 is 10.4 Å². The molecule has 2 aromatic rings. The number of carbonyl (C=O) groups is 3. The molecule has 0 aliphatic heterocycles. The summed E-state index contributed by atoms with van der Waals surface area (Å²) >= 11 is 2.61. The Bertz CT molecular complexity index is 936. The van der Waals surface area contributed by atoms with Gasteiger partial charge in [0.15, 0.2) is 10.9 Å². The maximum atomic E-state index is 12.9. The molecule has 1 fully saturated rings. The molecule has 1 aromatic carbocycles. The van der Waals surface area contributed by atoms with Crippen LogP contribution in [0.3, 0.4) is 0 Å². The third-order valence-corrected chi connectivity index (χ3v) is 6.96. The van der Waals surface area contributed by atoms with E-state index in [1.54, 1.807) is 6.07 Å². The van der Waals surface area contributed by atoms with Crippen LogP contribution in [0.15, 0.2) is 22.4 Å². The molecule has 0 spiro atoms. The Morgan fingerprint density at radius 1 is 1.24 bits per heavy atom. The number of carboxylic acids is 1. The van der Waals surface area contributed by atoms with Gasteiger partial charge in [-0.25, -0.2) is 9.78 Å². The van der Waals surface area contributed by atoms with E-state index in [4.69, 9.17) is 5.11 Å². The zero-order valence-corrected chi connectivity index (χ0v) is 17.9. The van der Waals surface area contributed by atoms with Gasteiger partial charge in [-0.05, 0) is 38.2 Å². The number of aromatic nitrogens is 1. The lowest BCUT2D eigenvalue weighted by Gasteiger charge is -2.14. The van der Waals surface area contributed by atoms with Crippen molar-refractivity contribution in [2.75, 3.05) is 16.9 Å². The van der Waals surface area contributed by atoms with Crippen LogP contribution >= 0.6 is 23.1 Å². The van der Waals surface area contributed by atoms with Crippen molar-refractivity contribution in [2.24, 2.45) is 5.92 Å². The molecule has 1 heterocycles. The quantitative estimate of drug-likeness (QED) is 0.427. The molecule has 0 unspecified atom stereocenters. The second kappa shape index (κ2) is 9.41. The van der Waals surface area contributed by atoms with E-state index in [2.05, 4.69) is 15.6 Å². The van der Waals surface area contributed by atoms with Gasteiger partial charge in [0.2, 0.25) is 0 Å². The summed E-state index contributed by atoms with van der Waals surface area (Å²) in [5, 5.41) is 14.7. The zero-order valence-electron chi connectivity index (χ0n) is 16.3. The minimum Gasteiger partial charge on any atom is -0.481 e. The highest BCUT2D eigenvalue weighted by Gasteiger charge is 2.26. The van der Waals surface area contributed by atoms with Crippen LogP contribution in [0.2, 0.25) is 0 Å². The third-order valence-electron chi connectivity index (χ3n) is 4.80. The van der Waals surface area contributed by atoms with Gasteiger partial charge in [-0.2, -0.15) is 0 Å². The van der Waals surface area contributed by atoms with Crippen molar-refractivity contribution in [3.8, 4) is 0 Å². The number of thiazole rings is 1. The predicted molar refractivity (Wildman–Crippen MR) is 115 cm³/mol. The van der Waals surface area contributed by atoms with Crippen LogP contribution in [0, 0.1) is 12.8 Å². The highest BCUT2D eigenvalue weighted by atomic mass is 32.2. The predicted octanol–water partition coefficient (Wildman–Crippen LogP) is 4.82. The molecule has 9 heteroatoms. The van der Waals surface area contributed by atoms with Gasteiger partial charge in [0.25, 0.3) is 0 Å². The van der Waals surface area contributed by atoms with Gasteiger partial charge in [0, 0.05) is 11.5 Å². The number of nitrogens with one attached hydrogen (secondary N) is 2. The fraction of sp³-hybridized carbons (Fsp3) is 0.400. The number of amides is 2. The SMILES string of the molecule is CSc1sc(NC(=O)Nc2ccc(C)cc2C(=O)C2CCCC2)nc1CC(=O)O. The van der Waals surface area contributed by atoms with Gasteiger partial charge in [0.05, 0.1) is 22.0 Å². The molecule has 0 saturated heterocycles. The molecule has 0 atom stereocenters. The number of Topliss-reactive ketones (excluding diaryl/α,β-unsaturated/α-hetero) is 1. The minimum atomic E-state index is -0.976. The van der Waals surface area contributed by atoms with Crippen molar-refractivity contribution in [3.05, 3.63) is 35.0 Å². The van der Waals surface area contributed by atoms with E-state index in [0.29, 0.717) is 22.1 Å². The summed E-state index contributed by atoms with van der Waals surface area (Å²) in [7, 11) is 0. The molecule has 1 saturated carbocycles. The van der Waals surface area contributed by atoms with Crippen LogP contribution in [-0.4, -0.2) is 34.1 Å². The van der Waals surface area contributed by atoms with E-state index >= 15 is 0 Å². The fourth-order valence-corrected chi connectivity index (χ4v) is 5.07. The molecule has 1 aliphatic rings. The maximum absolute atomic E-state index is 12.9. The van der Waals surface area contributed by atoms with Crippen molar-refractivity contribution in [1.29, 1.82) is 0 Å². The number of rotatable bonds is 7. The molecular weight excluding hydrogens is 410 g/mol. The Kier molecular flexibility index (Phi) is 6.92. The van der Waals surface area contributed by atoms with Crippen LogP contribution in [0.5, 0.6) is 0 Å². The molecule has 3 rings (SSSR count). The minimum absolute atomic E-state index is 0.0158. The van der Waals surface area contributed by atoms with Crippen LogP contribution < -0.4 is 10.6 Å². The number of ketones is 1. The molecule has 1 aromatic heterocycles. The van der Waals surface area contributed by atoms with E-state index in [9.17, 15) is 14.4 Å². The monoisotopic (exact) mass is 433 g/mol. The molecule has 154 valence electrons.